The smallest absolute Gasteiger partial charge is 0.0645 e. The second kappa shape index (κ2) is 4.78. The van der Waals surface area contributed by atoms with Crippen molar-refractivity contribution in [3.8, 4) is 0 Å². The molecule has 0 aromatic rings. The number of fused-ring (bicyclic) bond motifs is 2. The van der Waals surface area contributed by atoms with Crippen molar-refractivity contribution in [3.05, 3.63) is 0 Å². The van der Waals surface area contributed by atoms with Crippen LogP contribution in [-0.4, -0.2) is 67.3 Å². The third-order valence-corrected chi connectivity index (χ3v) is 3.72. The SMILES string of the molecule is CN1CC2CN(CCCN)CC(C1)C2O. The van der Waals surface area contributed by atoms with Gasteiger partial charge in [-0.3, -0.25) is 0 Å². The first-order valence-corrected chi connectivity index (χ1v) is 5.99. The average molecular weight is 213 g/mol. The van der Waals surface area contributed by atoms with E-state index in [0.29, 0.717) is 11.8 Å². The standard InChI is InChI=1S/C11H23N3O/c1-13-5-9-7-14(4-2-3-12)8-10(6-13)11(9)15/h9-11,15H,2-8,12H2,1H3. The maximum atomic E-state index is 10.1. The second-order valence-corrected chi connectivity index (χ2v) is 5.13. The highest BCUT2D eigenvalue weighted by atomic mass is 16.3. The number of hydrogen-bond donors (Lipinski definition) is 2. The van der Waals surface area contributed by atoms with Crippen LogP contribution in [0.3, 0.4) is 0 Å². The van der Waals surface area contributed by atoms with Crippen molar-refractivity contribution in [1.29, 1.82) is 0 Å². The van der Waals surface area contributed by atoms with Gasteiger partial charge in [0.1, 0.15) is 0 Å². The molecule has 2 heterocycles. The summed E-state index contributed by atoms with van der Waals surface area (Å²) in [4.78, 5) is 4.82. The van der Waals surface area contributed by atoms with Crippen molar-refractivity contribution in [3.63, 3.8) is 0 Å². The fraction of sp³-hybridized carbons (Fsp3) is 1.00. The number of hydrogen-bond acceptors (Lipinski definition) is 4. The lowest BCUT2D eigenvalue weighted by Crippen LogP contribution is -2.59. The van der Waals surface area contributed by atoms with Crippen molar-refractivity contribution in [1.82, 2.24) is 9.80 Å². The summed E-state index contributed by atoms with van der Waals surface area (Å²) in [5, 5.41) is 10.1. The molecule has 2 unspecified atom stereocenters. The van der Waals surface area contributed by atoms with Gasteiger partial charge in [-0.05, 0) is 26.6 Å². The quantitative estimate of drug-likeness (QED) is 0.644. The molecule has 2 bridgehead atoms. The topological polar surface area (TPSA) is 52.7 Å². The van der Waals surface area contributed by atoms with Gasteiger partial charge >= 0.3 is 0 Å². The van der Waals surface area contributed by atoms with Gasteiger partial charge in [-0.25, -0.2) is 0 Å². The van der Waals surface area contributed by atoms with Crippen LogP contribution < -0.4 is 5.73 Å². The van der Waals surface area contributed by atoms with Crippen LogP contribution in [0, 0.1) is 11.8 Å². The highest BCUT2D eigenvalue weighted by Crippen LogP contribution is 2.28. The summed E-state index contributed by atoms with van der Waals surface area (Å²) >= 11 is 0. The first kappa shape index (κ1) is 11.3. The van der Waals surface area contributed by atoms with E-state index in [9.17, 15) is 5.11 Å². The largest absolute Gasteiger partial charge is 0.392 e. The molecule has 2 saturated heterocycles. The van der Waals surface area contributed by atoms with Gasteiger partial charge in [0.05, 0.1) is 6.10 Å². The third-order valence-electron chi connectivity index (χ3n) is 3.72. The van der Waals surface area contributed by atoms with Crippen LogP contribution in [0.5, 0.6) is 0 Å². The molecule has 2 fully saturated rings. The number of nitrogens with zero attached hydrogens (tertiary/aromatic N) is 2. The van der Waals surface area contributed by atoms with Gasteiger partial charge in [0.15, 0.2) is 0 Å². The summed E-state index contributed by atoms with van der Waals surface area (Å²) in [6.07, 6.45) is 1.00. The molecule has 0 aliphatic carbocycles. The van der Waals surface area contributed by atoms with Gasteiger partial charge in [-0.2, -0.15) is 0 Å². The number of piperidine rings is 2. The Morgan fingerprint density at radius 1 is 1.20 bits per heavy atom. The molecule has 0 amide bonds. The molecule has 2 aliphatic rings. The lowest BCUT2D eigenvalue weighted by Gasteiger charge is -2.48. The van der Waals surface area contributed by atoms with Gasteiger partial charge in [0, 0.05) is 38.0 Å². The van der Waals surface area contributed by atoms with E-state index in [4.69, 9.17) is 5.73 Å². The molecule has 3 N–H and O–H groups in total. The van der Waals surface area contributed by atoms with Crippen LogP contribution in [0.4, 0.5) is 0 Å². The Kier molecular flexibility index (Phi) is 3.61. The number of aliphatic hydroxyl groups excluding tert-OH is 1. The fourth-order valence-corrected chi connectivity index (χ4v) is 3.04. The van der Waals surface area contributed by atoms with E-state index in [2.05, 4.69) is 16.8 Å². The predicted octanol–water partition coefficient (Wildman–Crippen LogP) is -0.810. The summed E-state index contributed by atoms with van der Waals surface area (Å²) < 4.78 is 0. The van der Waals surface area contributed by atoms with Crippen LogP contribution in [-0.2, 0) is 0 Å². The first-order chi connectivity index (χ1) is 7.20. The minimum absolute atomic E-state index is 0.0738. The number of aliphatic hydroxyl groups is 1. The van der Waals surface area contributed by atoms with Crippen LogP contribution in [0.25, 0.3) is 0 Å². The number of rotatable bonds is 3. The molecule has 2 atom stereocenters. The monoisotopic (exact) mass is 213 g/mol. The van der Waals surface area contributed by atoms with E-state index in [1.165, 1.54) is 0 Å². The molecular weight excluding hydrogens is 190 g/mol. The maximum absolute atomic E-state index is 10.1. The summed E-state index contributed by atoms with van der Waals surface area (Å²) in [6.45, 7) is 6.03. The minimum atomic E-state index is -0.0738. The molecular formula is C11H23N3O. The molecule has 0 radical (unpaired) electrons. The van der Waals surface area contributed by atoms with Gasteiger partial charge in [-0.15, -0.1) is 0 Å². The second-order valence-electron chi connectivity index (χ2n) is 5.13. The average Bonchev–Trinajstić information content (AvgIpc) is 2.18. The minimum Gasteiger partial charge on any atom is -0.392 e. The van der Waals surface area contributed by atoms with Gasteiger partial charge in [0.2, 0.25) is 0 Å². The number of likely N-dealkylation sites (tertiary alicyclic amines) is 2. The van der Waals surface area contributed by atoms with Gasteiger partial charge < -0.3 is 20.6 Å². The lowest BCUT2D eigenvalue weighted by molar-refractivity contribution is -0.0720. The van der Waals surface area contributed by atoms with Crippen LogP contribution in [0.2, 0.25) is 0 Å². The summed E-state index contributed by atoms with van der Waals surface area (Å²) in [6, 6.07) is 0. The third kappa shape index (κ3) is 2.50. The van der Waals surface area contributed by atoms with Crippen molar-refractivity contribution >= 4 is 0 Å². The van der Waals surface area contributed by atoms with Crippen molar-refractivity contribution < 1.29 is 5.11 Å². The highest BCUT2D eigenvalue weighted by Gasteiger charge is 2.39. The molecule has 88 valence electrons. The Bertz CT molecular complexity index is 196. The van der Waals surface area contributed by atoms with Crippen LogP contribution in [0.15, 0.2) is 0 Å². The molecule has 4 heteroatoms. The first-order valence-electron chi connectivity index (χ1n) is 5.99. The molecule has 0 aromatic heterocycles. The Morgan fingerprint density at radius 2 is 1.80 bits per heavy atom. The number of nitrogens with two attached hydrogens (primary N) is 1. The van der Waals surface area contributed by atoms with E-state index in [-0.39, 0.29) is 6.10 Å². The molecule has 15 heavy (non-hydrogen) atoms. The Balaban J connectivity index is 1.91. The molecule has 0 spiro atoms. The molecule has 2 aliphatic heterocycles. The van der Waals surface area contributed by atoms with Crippen molar-refractivity contribution in [2.75, 3.05) is 46.3 Å². The van der Waals surface area contributed by atoms with E-state index < -0.39 is 0 Å². The van der Waals surface area contributed by atoms with Gasteiger partial charge in [-0.1, -0.05) is 0 Å². The maximum Gasteiger partial charge on any atom is 0.0645 e. The van der Waals surface area contributed by atoms with Crippen molar-refractivity contribution in [2.24, 2.45) is 17.6 Å². The Morgan fingerprint density at radius 3 is 2.33 bits per heavy atom. The van der Waals surface area contributed by atoms with Gasteiger partial charge in [0.25, 0.3) is 0 Å². The lowest BCUT2D eigenvalue weighted by atomic mass is 9.82. The summed E-state index contributed by atoms with van der Waals surface area (Å²) in [5.74, 6) is 0.889. The Hall–Kier alpha value is -0.160. The summed E-state index contributed by atoms with van der Waals surface area (Å²) in [5.41, 5.74) is 5.53. The van der Waals surface area contributed by atoms with Crippen LogP contribution >= 0.6 is 0 Å². The molecule has 0 saturated carbocycles. The molecule has 0 aromatic carbocycles. The molecule has 4 nitrogen and oxygen atoms in total. The zero-order valence-corrected chi connectivity index (χ0v) is 9.60. The zero-order chi connectivity index (χ0) is 10.8. The summed E-state index contributed by atoms with van der Waals surface area (Å²) in [7, 11) is 2.15. The van der Waals surface area contributed by atoms with Crippen LogP contribution in [0.1, 0.15) is 6.42 Å². The molecule has 2 rings (SSSR count). The van der Waals surface area contributed by atoms with Crippen molar-refractivity contribution in [2.45, 2.75) is 12.5 Å². The highest BCUT2D eigenvalue weighted by molar-refractivity contribution is 4.92. The fourth-order valence-electron chi connectivity index (χ4n) is 3.04. The van der Waals surface area contributed by atoms with E-state index in [0.717, 1.165) is 45.7 Å². The van der Waals surface area contributed by atoms with E-state index in [1.807, 2.05) is 0 Å². The van der Waals surface area contributed by atoms with E-state index in [1.54, 1.807) is 0 Å². The van der Waals surface area contributed by atoms with E-state index >= 15 is 0 Å². The normalized spacial score (nSPS) is 38.2. The predicted molar refractivity (Wildman–Crippen MR) is 60.6 cm³/mol. The zero-order valence-electron chi connectivity index (χ0n) is 9.60. The Labute approximate surface area is 92.0 Å².